The molecule has 1 aromatic rings. The maximum absolute atomic E-state index is 5.35. The van der Waals surface area contributed by atoms with Crippen LogP contribution in [0.25, 0.3) is 0 Å². The van der Waals surface area contributed by atoms with Crippen molar-refractivity contribution in [1.29, 1.82) is 0 Å². The van der Waals surface area contributed by atoms with E-state index in [9.17, 15) is 0 Å². The van der Waals surface area contributed by atoms with Crippen molar-refractivity contribution in [2.24, 2.45) is 0 Å². The van der Waals surface area contributed by atoms with Crippen LogP contribution < -0.4 is 14.8 Å². The maximum Gasteiger partial charge on any atom is 0.160 e. The zero-order valence-corrected chi connectivity index (χ0v) is 13.5. The number of methoxy groups -OCH3 is 2. The average molecular weight is 292 g/mol. The molecule has 1 aliphatic heterocycles. The number of nitrogens with one attached hydrogen (secondary N) is 1. The zero-order valence-electron chi connectivity index (χ0n) is 13.5. The number of likely N-dealkylation sites (tertiary alicyclic amines) is 1. The number of benzene rings is 1. The smallest absolute Gasteiger partial charge is 0.160 e. The molecule has 0 bridgehead atoms. The Labute approximate surface area is 128 Å². The summed E-state index contributed by atoms with van der Waals surface area (Å²) in [5.74, 6) is 1.60. The van der Waals surface area contributed by atoms with Crippen molar-refractivity contribution >= 4 is 0 Å². The highest BCUT2D eigenvalue weighted by Crippen LogP contribution is 2.27. The highest BCUT2D eigenvalue weighted by molar-refractivity contribution is 5.42. The van der Waals surface area contributed by atoms with Crippen molar-refractivity contribution in [3.05, 3.63) is 23.8 Å². The second-order valence-electron chi connectivity index (χ2n) is 5.60. The lowest BCUT2D eigenvalue weighted by Gasteiger charge is -2.31. The molecule has 0 aliphatic carbocycles. The molecule has 4 heteroatoms. The Morgan fingerprint density at radius 1 is 1.14 bits per heavy atom. The van der Waals surface area contributed by atoms with Crippen LogP contribution in [0.2, 0.25) is 0 Å². The van der Waals surface area contributed by atoms with Gasteiger partial charge in [0.25, 0.3) is 0 Å². The van der Waals surface area contributed by atoms with E-state index in [2.05, 4.69) is 29.3 Å². The lowest BCUT2D eigenvalue weighted by molar-refractivity contribution is 0.207. The van der Waals surface area contributed by atoms with Crippen molar-refractivity contribution in [2.45, 2.75) is 32.2 Å². The number of hydrogen-bond donors (Lipinski definition) is 1. The fraction of sp³-hybridized carbons (Fsp3) is 0.647. The third-order valence-electron chi connectivity index (χ3n) is 4.33. The molecule has 1 N–H and O–H groups in total. The quantitative estimate of drug-likeness (QED) is 0.836. The standard InChI is InChI=1S/C17H28N2O2/c1-4-19-11-8-15(9-12-19)18-10-7-14-5-6-16(20-2)17(13-14)21-3/h5-6,13,15,18H,4,7-12H2,1-3H3. The van der Waals surface area contributed by atoms with E-state index in [-0.39, 0.29) is 0 Å². The number of ether oxygens (including phenoxy) is 2. The number of piperidine rings is 1. The van der Waals surface area contributed by atoms with Gasteiger partial charge in [-0.25, -0.2) is 0 Å². The molecule has 0 aromatic heterocycles. The fourth-order valence-corrected chi connectivity index (χ4v) is 2.91. The van der Waals surface area contributed by atoms with Crippen LogP contribution in [0.3, 0.4) is 0 Å². The maximum atomic E-state index is 5.35. The van der Waals surface area contributed by atoms with Crippen LogP contribution in [-0.2, 0) is 6.42 Å². The van der Waals surface area contributed by atoms with Gasteiger partial charge in [-0.3, -0.25) is 0 Å². The lowest BCUT2D eigenvalue weighted by Crippen LogP contribution is -2.42. The van der Waals surface area contributed by atoms with Gasteiger partial charge in [-0.1, -0.05) is 13.0 Å². The van der Waals surface area contributed by atoms with Crippen LogP contribution in [-0.4, -0.2) is 51.3 Å². The third-order valence-corrected chi connectivity index (χ3v) is 4.33. The van der Waals surface area contributed by atoms with Crippen molar-refractivity contribution in [3.63, 3.8) is 0 Å². The fourth-order valence-electron chi connectivity index (χ4n) is 2.91. The molecule has 0 spiro atoms. The molecule has 1 aromatic carbocycles. The summed E-state index contributed by atoms with van der Waals surface area (Å²) in [6, 6.07) is 6.84. The van der Waals surface area contributed by atoms with E-state index < -0.39 is 0 Å². The van der Waals surface area contributed by atoms with Crippen LogP contribution in [0, 0.1) is 0 Å². The average Bonchev–Trinajstić information content (AvgIpc) is 2.55. The Hall–Kier alpha value is -1.26. The zero-order chi connectivity index (χ0) is 15.1. The minimum atomic E-state index is 0.674. The summed E-state index contributed by atoms with van der Waals surface area (Å²) in [4.78, 5) is 2.52. The van der Waals surface area contributed by atoms with Gasteiger partial charge in [0, 0.05) is 6.04 Å². The molecule has 1 fully saturated rings. The minimum Gasteiger partial charge on any atom is -0.493 e. The summed E-state index contributed by atoms with van der Waals surface area (Å²) in [6.45, 7) is 6.89. The highest BCUT2D eigenvalue weighted by atomic mass is 16.5. The molecule has 2 rings (SSSR count). The molecule has 21 heavy (non-hydrogen) atoms. The van der Waals surface area contributed by atoms with Gasteiger partial charge in [0.05, 0.1) is 14.2 Å². The molecule has 4 nitrogen and oxygen atoms in total. The Balaban J connectivity index is 1.76. The van der Waals surface area contributed by atoms with Gasteiger partial charge < -0.3 is 19.7 Å². The SMILES string of the molecule is CCN1CCC(NCCc2ccc(OC)c(OC)c2)CC1. The van der Waals surface area contributed by atoms with E-state index in [1.807, 2.05) is 6.07 Å². The van der Waals surface area contributed by atoms with E-state index in [0.717, 1.165) is 24.5 Å². The number of rotatable bonds is 7. The van der Waals surface area contributed by atoms with Gasteiger partial charge in [-0.05, 0) is 63.1 Å². The Kier molecular flexibility index (Phi) is 6.33. The molecular weight excluding hydrogens is 264 g/mol. The van der Waals surface area contributed by atoms with Crippen LogP contribution >= 0.6 is 0 Å². The van der Waals surface area contributed by atoms with Crippen LogP contribution in [0.4, 0.5) is 0 Å². The summed E-state index contributed by atoms with van der Waals surface area (Å²) in [7, 11) is 3.35. The summed E-state index contributed by atoms with van der Waals surface area (Å²) in [6.07, 6.45) is 3.55. The first-order valence-corrected chi connectivity index (χ1v) is 7.93. The molecule has 1 saturated heterocycles. The summed E-state index contributed by atoms with van der Waals surface area (Å²) in [5, 5.41) is 3.68. The summed E-state index contributed by atoms with van der Waals surface area (Å²) < 4.78 is 10.6. The van der Waals surface area contributed by atoms with E-state index >= 15 is 0 Å². The molecule has 0 saturated carbocycles. The molecule has 0 radical (unpaired) electrons. The van der Waals surface area contributed by atoms with Crippen molar-refractivity contribution in [2.75, 3.05) is 40.4 Å². The van der Waals surface area contributed by atoms with Crippen molar-refractivity contribution in [1.82, 2.24) is 10.2 Å². The normalized spacial score (nSPS) is 16.9. The largest absolute Gasteiger partial charge is 0.493 e. The number of hydrogen-bond acceptors (Lipinski definition) is 4. The van der Waals surface area contributed by atoms with Gasteiger partial charge in [0.15, 0.2) is 11.5 Å². The molecular formula is C17H28N2O2. The Morgan fingerprint density at radius 2 is 1.86 bits per heavy atom. The van der Waals surface area contributed by atoms with Crippen LogP contribution in [0.1, 0.15) is 25.3 Å². The summed E-state index contributed by atoms with van der Waals surface area (Å²) >= 11 is 0. The second-order valence-corrected chi connectivity index (χ2v) is 5.60. The first-order valence-electron chi connectivity index (χ1n) is 7.93. The lowest BCUT2D eigenvalue weighted by atomic mass is 10.0. The molecule has 0 atom stereocenters. The Morgan fingerprint density at radius 3 is 2.48 bits per heavy atom. The molecule has 0 unspecified atom stereocenters. The van der Waals surface area contributed by atoms with Crippen LogP contribution in [0.5, 0.6) is 11.5 Å². The van der Waals surface area contributed by atoms with Gasteiger partial charge >= 0.3 is 0 Å². The third kappa shape index (κ3) is 4.61. The van der Waals surface area contributed by atoms with Gasteiger partial charge in [-0.15, -0.1) is 0 Å². The van der Waals surface area contributed by atoms with Crippen molar-refractivity contribution < 1.29 is 9.47 Å². The van der Waals surface area contributed by atoms with Crippen LogP contribution in [0.15, 0.2) is 18.2 Å². The van der Waals surface area contributed by atoms with E-state index in [0.29, 0.717) is 6.04 Å². The van der Waals surface area contributed by atoms with E-state index in [1.165, 1.54) is 38.0 Å². The van der Waals surface area contributed by atoms with Gasteiger partial charge in [-0.2, -0.15) is 0 Å². The molecule has 1 heterocycles. The first kappa shape index (κ1) is 16.1. The predicted octanol–water partition coefficient (Wildman–Crippen LogP) is 2.32. The first-order chi connectivity index (χ1) is 10.3. The van der Waals surface area contributed by atoms with E-state index in [4.69, 9.17) is 9.47 Å². The molecule has 118 valence electrons. The topological polar surface area (TPSA) is 33.7 Å². The number of nitrogens with zero attached hydrogens (tertiary/aromatic N) is 1. The molecule has 1 aliphatic rings. The monoisotopic (exact) mass is 292 g/mol. The van der Waals surface area contributed by atoms with Gasteiger partial charge in [0.2, 0.25) is 0 Å². The van der Waals surface area contributed by atoms with E-state index in [1.54, 1.807) is 14.2 Å². The Bertz CT molecular complexity index is 429. The highest BCUT2D eigenvalue weighted by Gasteiger charge is 2.17. The van der Waals surface area contributed by atoms with Gasteiger partial charge in [0.1, 0.15) is 0 Å². The van der Waals surface area contributed by atoms with Crippen molar-refractivity contribution in [3.8, 4) is 11.5 Å². The second kappa shape index (κ2) is 8.25. The predicted molar refractivity (Wildman–Crippen MR) is 86.4 cm³/mol. The molecule has 0 amide bonds. The minimum absolute atomic E-state index is 0.674. The summed E-state index contributed by atoms with van der Waals surface area (Å²) in [5.41, 5.74) is 1.28.